The average Bonchev–Trinajstić information content (AvgIpc) is 3.66. The van der Waals surface area contributed by atoms with Crippen molar-refractivity contribution in [2.45, 2.75) is 0 Å². The van der Waals surface area contributed by atoms with Crippen LogP contribution in [0, 0.1) is 0 Å². The molecule has 0 aliphatic carbocycles. The minimum absolute atomic E-state index is 0.801. The molecule has 0 aliphatic heterocycles. The Labute approximate surface area is 252 Å². The lowest BCUT2D eigenvalue weighted by molar-refractivity contribution is 0.633. The second-order valence-electron chi connectivity index (χ2n) is 11.7. The molecule has 10 aromatic rings. The van der Waals surface area contributed by atoms with Gasteiger partial charge < -0.3 is 8.83 Å². The summed E-state index contributed by atoms with van der Waals surface area (Å²) in [5.41, 5.74) is 8.08. The fraction of sp³-hybridized carbons (Fsp3) is 0. The number of para-hydroxylation sites is 1. The first kappa shape index (κ1) is 23.7. The van der Waals surface area contributed by atoms with Gasteiger partial charge in [0.15, 0.2) is 11.2 Å². The van der Waals surface area contributed by atoms with Gasteiger partial charge in [0.25, 0.3) is 0 Å². The summed E-state index contributed by atoms with van der Waals surface area (Å²) in [7, 11) is 0. The van der Waals surface area contributed by atoms with Gasteiger partial charge in [-0.05, 0) is 97.0 Å². The van der Waals surface area contributed by atoms with E-state index in [9.17, 15) is 0 Å². The highest BCUT2D eigenvalue weighted by Gasteiger charge is 2.16. The first-order valence-corrected chi connectivity index (χ1v) is 15.0. The molecule has 0 bridgehead atoms. The Morgan fingerprint density at radius 3 is 1.34 bits per heavy atom. The van der Waals surface area contributed by atoms with Crippen LogP contribution in [-0.4, -0.2) is 0 Å². The monoisotopic (exact) mass is 560 g/mol. The van der Waals surface area contributed by atoms with Gasteiger partial charge >= 0.3 is 0 Å². The largest absolute Gasteiger partial charge is 0.452 e. The molecule has 0 saturated carbocycles. The van der Waals surface area contributed by atoms with E-state index >= 15 is 0 Å². The van der Waals surface area contributed by atoms with Crippen molar-refractivity contribution in [1.29, 1.82) is 0 Å². The predicted molar refractivity (Wildman–Crippen MR) is 184 cm³/mol. The van der Waals surface area contributed by atoms with Gasteiger partial charge in [-0.15, -0.1) is 0 Å². The third-order valence-electron chi connectivity index (χ3n) is 9.26. The highest BCUT2D eigenvalue weighted by atomic mass is 16.4. The summed E-state index contributed by atoms with van der Waals surface area (Å²) in [6, 6.07) is 52.2. The molecule has 2 nitrogen and oxygen atoms in total. The Balaban J connectivity index is 1.12. The highest BCUT2D eigenvalue weighted by molar-refractivity contribution is 6.26. The van der Waals surface area contributed by atoms with Crippen LogP contribution >= 0.6 is 0 Å². The summed E-state index contributed by atoms with van der Waals surface area (Å²) >= 11 is 0. The van der Waals surface area contributed by atoms with Crippen LogP contribution in [0.3, 0.4) is 0 Å². The molecule has 0 unspecified atom stereocenters. The molecule has 0 aliphatic rings. The van der Waals surface area contributed by atoms with Crippen LogP contribution in [0.4, 0.5) is 0 Å². The second-order valence-corrected chi connectivity index (χ2v) is 11.7. The van der Waals surface area contributed by atoms with Crippen LogP contribution in [0.5, 0.6) is 0 Å². The summed E-state index contributed by atoms with van der Waals surface area (Å²) < 4.78 is 12.7. The van der Waals surface area contributed by atoms with Crippen LogP contribution in [0.2, 0.25) is 0 Å². The van der Waals surface area contributed by atoms with E-state index in [0.29, 0.717) is 0 Å². The van der Waals surface area contributed by atoms with Gasteiger partial charge in [0.2, 0.25) is 0 Å². The molecule has 204 valence electrons. The lowest BCUT2D eigenvalue weighted by atomic mass is 9.91. The summed E-state index contributed by atoms with van der Waals surface area (Å²) in [6.45, 7) is 0. The van der Waals surface area contributed by atoms with Gasteiger partial charge in [-0.2, -0.15) is 0 Å². The molecule has 44 heavy (non-hydrogen) atoms. The molecule has 8 aromatic carbocycles. The smallest absolute Gasteiger partial charge is 0.178 e. The van der Waals surface area contributed by atoms with Crippen molar-refractivity contribution in [3.05, 3.63) is 146 Å². The van der Waals surface area contributed by atoms with E-state index in [4.69, 9.17) is 8.83 Å². The van der Waals surface area contributed by atoms with Crippen LogP contribution in [0.15, 0.2) is 154 Å². The van der Waals surface area contributed by atoms with Crippen LogP contribution < -0.4 is 0 Å². The van der Waals surface area contributed by atoms with Gasteiger partial charge in [0.05, 0.1) is 0 Å². The van der Waals surface area contributed by atoms with Crippen LogP contribution in [-0.2, 0) is 0 Å². The minimum atomic E-state index is 0.801. The molecule has 0 atom stereocenters. The normalized spacial score (nSPS) is 12.1. The van der Waals surface area contributed by atoms with Crippen LogP contribution in [0.25, 0.3) is 98.4 Å². The van der Waals surface area contributed by atoms with E-state index in [1.165, 1.54) is 49.0 Å². The maximum Gasteiger partial charge on any atom is 0.178 e. The molecule has 2 aromatic heterocycles. The van der Waals surface area contributed by atoms with E-state index in [0.717, 1.165) is 49.4 Å². The first-order chi connectivity index (χ1) is 21.8. The zero-order valence-electron chi connectivity index (χ0n) is 23.7. The van der Waals surface area contributed by atoms with Crippen molar-refractivity contribution in [1.82, 2.24) is 0 Å². The minimum Gasteiger partial charge on any atom is -0.452 e. The number of benzene rings is 8. The molecular weight excluding hydrogens is 536 g/mol. The van der Waals surface area contributed by atoms with Gasteiger partial charge in [0, 0.05) is 21.5 Å². The van der Waals surface area contributed by atoms with Gasteiger partial charge in [-0.3, -0.25) is 0 Å². The standard InChI is InChI=1S/C42H24O2/c1-2-12-31-29(10-1)30-11-3-4-13-32(30)37-23-27(16-18-33(31)37)25-8-7-9-26(22-25)28-17-21-40-38(24-28)36-20-19-35-34-14-5-6-15-39(34)43-41(35)42(36)44-40/h1-24H. The Morgan fingerprint density at radius 1 is 0.250 bits per heavy atom. The van der Waals surface area contributed by atoms with Crippen molar-refractivity contribution in [3.8, 4) is 22.3 Å². The fourth-order valence-corrected chi connectivity index (χ4v) is 7.16. The zero-order valence-corrected chi connectivity index (χ0v) is 23.7. The van der Waals surface area contributed by atoms with E-state index in [2.05, 4.69) is 127 Å². The second kappa shape index (κ2) is 8.82. The highest BCUT2D eigenvalue weighted by Crippen LogP contribution is 2.41. The van der Waals surface area contributed by atoms with Gasteiger partial charge in [0.1, 0.15) is 11.2 Å². The van der Waals surface area contributed by atoms with E-state index in [1.54, 1.807) is 0 Å². The molecule has 0 fully saturated rings. The van der Waals surface area contributed by atoms with E-state index in [1.807, 2.05) is 18.2 Å². The lowest BCUT2D eigenvalue weighted by Crippen LogP contribution is -1.85. The fourth-order valence-electron chi connectivity index (χ4n) is 7.16. The molecule has 2 heterocycles. The molecule has 0 spiro atoms. The average molecular weight is 561 g/mol. The van der Waals surface area contributed by atoms with Crippen molar-refractivity contribution in [2.24, 2.45) is 0 Å². The van der Waals surface area contributed by atoms with Crippen molar-refractivity contribution < 1.29 is 8.83 Å². The predicted octanol–water partition coefficient (Wildman–Crippen LogP) is 12.3. The zero-order chi connectivity index (χ0) is 28.8. The topological polar surface area (TPSA) is 26.3 Å². The van der Waals surface area contributed by atoms with Crippen molar-refractivity contribution in [3.63, 3.8) is 0 Å². The summed E-state index contributed by atoms with van der Waals surface area (Å²) in [5.74, 6) is 0. The number of furan rings is 2. The number of hydrogen-bond acceptors (Lipinski definition) is 2. The summed E-state index contributed by atoms with van der Waals surface area (Å²) in [4.78, 5) is 0. The maximum absolute atomic E-state index is 6.39. The molecule has 0 radical (unpaired) electrons. The Kier molecular flexibility index (Phi) is 4.75. The number of rotatable bonds is 2. The lowest BCUT2D eigenvalue weighted by Gasteiger charge is -2.12. The quantitative estimate of drug-likeness (QED) is 0.197. The van der Waals surface area contributed by atoms with Gasteiger partial charge in [-0.1, -0.05) is 103 Å². The third kappa shape index (κ3) is 3.31. The third-order valence-corrected chi connectivity index (χ3v) is 9.26. The first-order valence-electron chi connectivity index (χ1n) is 15.0. The Bertz CT molecular complexity index is 2740. The van der Waals surface area contributed by atoms with Crippen molar-refractivity contribution in [2.75, 3.05) is 0 Å². The summed E-state index contributed by atoms with van der Waals surface area (Å²) in [5, 5.41) is 12.1. The Hall–Kier alpha value is -5.86. The maximum atomic E-state index is 6.39. The number of hydrogen-bond donors (Lipinski definition) is 0. The molecule has 10 rings (SSSR count). The number of fused-ring (bicyclic) bond motifs is 13. The van der Waals surface area contributed by atoms with E-state index < -0.39 is 0 Å². The Morgan fingerprint density at radius 2 is 0.682 bits per heavy atom. The molecule has 0 amide bonds. The van der Waals surface area contributed by atoms with Crippen LogP contribution in [0.1, 0.15) is 0 Å². The molecule has 0 saturated heterocycles. The SMILES string of the molecule is c1cc(-c2ccc3oc4c(ccc5c6ccccc6oc54)c3c2)cc(-c2ccc3c4ccccc4c4ccccc4c3c2)c1. The van der Waals surface area contributed by atoms with Crippen molar-refractivity contribution >= 4 is 76.2 Å². The molecule has 0 N–H and O–H groups in total. The molecule has 2 heteroatoms. The molecular formula is C42H24O2. The van der Waals surface area contributed by atoms with Gasteiger partial charge in [-0.25, -0.2) is 0 Å². The summed E-state index contributed by atoms with van der Waals surface area (Å²) in [6.07, 6.45) is 0. The van der Waals surface area contributed by atoms with E-state index in [-0.39, 0.29) is 0 Å².